The Hall–Kier alpha value is -2.04. The van der Waals surface area contributed by atoms with Crippen molar-refractivity contribution in [3.63, 3.8) is 0 Å². The van der Waals surface area contributed by atoms with Crippen molar-refractivity contribution in [2.45, 2.75) is 33.7 Å². The number of urea groups is 1. The summed E-state index contributed by atoms with van der Waals surface area (Å²) < 4.78 is 0. The normalized spacial score (nSPS) is 12.6. The lowest BCUT2D eigenvalue weighted by atomic mass is 9.88. The van der Waals surface area contributed by atoms with E-state index >= 15 is 0 Å². The molecular weight excluding hydrogens is 244 g/mol. The van der Waals surface area contributed by atoms with Gasteiger partial charge >= 0.3 is 12.0 Å². The van der Waals surface area contributed by atoms with Crippen LogP contribution in [0.15, 0.2) is 24.3 Å². The van der Waals surface area contributed by atoms with Crippen molar-refractivity contribution in [2.24, 2.45) is 5.41 Å². The number of amides is 2. The molecule has 1 rings (SSSR count). The molecule has 0 bridgehead atoms. The van der Waals surface area contributed by atoms with E-state index in [1.54, 1.807) is 18.2 Å². The van der Waals surface area contributed by atoms with Crippen LogP contribution in [0.25, 0.3) is 0 Å². The molecule has 5 heteroatoms. The Morgan fingerprint density at radius 3 is 2.32 bits per heavy atom. The molecule has 5 nitrogen and oxygen atoms in total. The number of rotatable bonds is 3. The van der Waals surface area contributed by atoms with Gasteiger partial charge < -0.3 is 15.7 Å². The van der Waals surface area contributed by atoms with Gasteiger partial charge in [0.1, 0.15) is 0 Å². The van der Waals surface area contributed by atoms with E-state index in [-0.39, 0.29) is 22.7 Å². The van der Waals surface area contributed by atoms with Crippen LogP contribution >= 0.6 is 0 Å². The number of carbonyl (C=O) groups excluding carboxylic acids is 1. The highest BCUT2D eigenvalue weighted by molar-refractivity contribution is 6.00. The van der Waals surface area contributed by atoms with Gasteiger partial charge in [0.15, 0.2) is 0 Å². The van der Waals surface area contributed by atoms with Gasteiger partial charge in [-0.3, -0.25) is 0 Å². The summed E-state index contributed by atoms with van der Waals surface area (Å²) >= 11 is 0. The van der Waals surface area contributed by atoms with E-state index in [9.17, 15) is 9.59 Å². The molecule has 0 heterocycles. The summed E-state index contributed by atoms with van der Waals surface area (Å²) in [5, 5.41) is 14.4. The summed E-state index contributed by atoms with van der Waals surface area (Å²) in [6, 6.07) is 5.86. The second kappa shape index (κ2) is 5.73. The van der Waals surface area contributed by atoms with E-state index in [1.165, 1.54) is 6.07 Å². The minimum absolute atomic E-state index is 0.0375. The number of benzene rings is 1. The predicted molar refractivity (Wildman–Crippen MR) is 74.5 cm³/mol. The van der Waals surface area contributed by atoms with E-state index < -0.39 is 12.0 Å². The van der Waals surface area contributed by atoms with Crippen LogP contribution in [0.3, 0.4) is 0 Å². The Balaban J connectivity index is 2.76. The van der Waals surface area contributed by atoms with Gasteiger partial charge in [0.05, 0.1) is 11.3 Å². The number of hydrogen-bond donors (Lipinski definition) is 3. The fourth-order valence-corrected chi connectivity index (χ4v) is 1.35. The third kappa shape index (κ3) is 4.28. The van der Waals surface area contributed by atoms with Crippen molar-refractivity contribution in [1.29, 1.82) is 0 Å². The molecule has 0 saturated heterocycles. The summed E-state index contributed by atoms with van der Waals surface area (Å²) in [5.74, 6) is -1.07. The average Bonchev–Trinajstić information content (AvgIpc) is 2.27. The maximum atomic E-state index is 11.8. The number of carboxylic acid groups (broad SMARTS) is 1. The third-order valence-corrected chi connectivity index (χ3v) is 3.05. The Bertz CT molecular complexity index is 478. The second-order valence-electron chi connectivity index (χ2n) is 5.54. The Morgan fingerprint density at radius 2 is 1.79 bits per heavy atom. The molecule has 1 unspecified atom stereocenters. The van der Waals surface area contributed by atoms with E-state index in [0.29, 0.717) is 0 Å². The first-order valence-corrected chi connectivity index (χ1v) is 6.11. The number of carboxylic acids is 1. The molecule has 0 fully saturated rings. The van der Waals surface area contributed by atoms with Gasteiger partial charge in [0.2, 0.25) is 0 Å². The molecule has 0 spiro atoms. The first-order valence-electron chi connectivity index (χ1n) is 6.11. The van der Waals surface area contributed by atoms with Crippen molar-refractivity contribution in [2.75, 3.05) is 5.32 Å². The number of carbonyl (C=O) groups is 2. The van der Waals surface area contributed by atoms with Crippen molar-refractivity contribution < 1.29 is 14.7 Å². The summed E-state index contributed by atoms with van der Waals surface area (Å²) in [6.45, 7) is 7.96. The molecule has 0 saturated carbocycles. The summed E-state index contributed by atoms with van der Waals surface area (Å²) in [5.41, 5.74) is 0.290. The molecule has 19 heavy (non-hydrogen) atoms. The maximum Gasteiger partial charge on any atom is 0.337 e. The van der Waals surface area contributed by atoms with Crippen molar-refractivity contribution >= 4 is 17.7 Å². The van der Waals surface area contributed by atoms with Gasteiger partial charge in [-0.25, -0.2) is 9.59 Å². The molecular formula is C14H20N2O3. The molecule has 0 radical (unpaired) electrons. The van der Waals surface area contributed by atoms with Gasteiger partial charge in [-0.2, -0.15) is 0 Å². The number of para-hydroxylation sites is 1. The summed E-state index contributed by atoms with van der Waals surface area (Å²) in [4.78, 5) is 22.8. The van der Waals surface area contributed by atoms with Crippen molar-refractivity contribution in [1.82, 2.24) is 5.32 Å². The minimum atomic E-state index is -1.07. The molecule has 0 aliphatic carbocycles. The third-order valence-electron chi connectivity index (χ3n) is 3.05. The van der Waals surface area contributed by atoms with Gasteiger partial charge in [-0.05, 0) is 24.5 Å². The summed E-state index contributed by atoms with van der Waals surface area (Å²) in [6.07, 6.45) is 0. The van der Waals surface area contributed by atoms with Crippen LogP contribution in [0, 0.1) is 5.41 Å². The topological polar surface area (TPSA) is 78.4 Å². The predicted octanol–water partition coefficient (Wildman–Crippen LogP) is 2.94. The highest BCUT2D eigenvalue weighted by atomic mass is 16.4. The zero-order chi connectivity index (χ0) is 14.6. The molecule has 2 amide bonds. The lowest BCUT2D eigenvalue weighted by molar-refractivity contribution is 0.0698. The second-order valence-corrected chi connectivity index (χ2v) is 5.54. The maximum absolute atomic E-state index is 11.8. The van der Waals surface area contributed by atoms with Crippen molar-refractivity contribution in [3.8, 4) is 0 Å². The lowest BCUT2D eigenvalue weighted by Gasteiger charge is -2.28. The number of aromatic carboxylic acids is 1. The molecule has 1 aromatic rings. The highest BCUT2D eigenvalue weighted by Crippen LogP contribution is 2.19. The van der Waals surface area contributed by atoms with E-state index in [1.807, 2.05) is 27.7 Å². The number of hydrogen-bond acceptors (Lipinski definition) is 2. The van der Waals surface area contributed by atoms with Crippen molar-refractivity contribution in [3.05, 3.63) is 29.8 Å². The Morgan fingerprint density at radius 1 is 1.21 bits per heavy atom. The summed E-state index contributed by atoms with van der Waals surface area (Å²) in [7, 11) is 0. The van der Waals surface area contributed by atoms with E-state index in [4.69, 9.17) is 5.11 Å². The van der Waals surface area contributed by atoms with Gasteiger partial charge in [0, 0.05) is 6.04 Å². The first kappa shape index (κ1) is 15.0. The van der Waals surface area contributed by atoms with Crippen LogP contribution in [0.2, 0.25) is 0 Å². The first-order chi connectivity index (χ1) is 8.71. The van der Waals surface area contributed by atoms with Gasteiger partial charge in [-0.1, -0.05) is 32.9 Å². The molecule has 0 aliphatic heterocycles. The number of nitrogens with one attached hydrogen (secondary N) is 2. The smallest absolute Gasteiger partial charge is 0.337 e. The standard InChI is InChI=1S/C14H20N2O3/c1-9(14(2,3)4)15-13(19)16-11-8-6-5-7-10(11)12(17)18/h5-9H,1-4H3,(H,17,18)(H2,15,16,19). The fraction of sp³-hybridized carbons (Fsp3) is 0.429. The quantitative estimate of drug-likeness (QED) is 0.785. The van der Waals surface area contributed by atoms with E-state index in [0.717, 1.165) is 0 Å². The molecule has 104 valence electrons. The highest BCUT2D eigenvalue weighted by Gasteiger charge is 2.22. The van der Waals surface area contributed by atoms with Gasteiger partial charge in [-0.15, -0.1) is 0 Å². The van der Waals surface area contributed by atoms with Gasteiger partial charge in [0.25, 0.3) is 0 Å². The van der Waals surface area contributed by atoms with E-state index in [2.05, 4.69) is 10.6 Å². The zero-order valence-electron chi connectivity index (χ0n) is 11.7. The number of anilines is 1. The van der Waals surface area contributed by atoms with Crippen LogP contribution in [-0.4, -0.2) is 23.1 Å². The lowest BCUT2D eigenvalue weighted by Crippen LogP contribution is -2.43. The average molecular weight is 264 g/mol. The van der Waals surface area contributed by atoms with Crippen LogP contribution in [0.5, 0.6) is 0 Å². The van der Waals surface area contributed by atoms with Crippen LogP contribution in [0.4, 0.5) is 10.5 Å². The van der Waals surface area contributed by atoms with Crippen LogP contribution in [-0.2, 0) is 0 Å². The monoisotopic (exact) mass is 264 g/mol. The molecule has 0 aromatic heterocycles. The SMILES string of the molecule is CC(NC(=O)Nc1ccccc1C(=O)O)C(C)(C)C. The largest absolute Gasteiger partial charge is 0.478 e. The van der Waals surface area contributed by atoms with Crippen LogP contribution < -0.4 is 10.6 Å². The molecule has 1 aromatic carbocycles. The zero-order valence-corrected chi connectivity index (χ0v) is 11.7. The minimum Gasteiger partial charge on any atom is -0.478 e. The fourth-order valence-electron chi connectivity index (χ4n) is 1.35. The molecule has 1 atom stereocenters. The van der Waals surface area contributed by atoms with Crippen LogP contribution in [0.1, 0.15) is 38.1 Å². The molecule has 3 N–H and O–H groups in total. The Kier molecular flexibility index (Phi) is 4.53. The Labute approximate surface area is 113 Å². The molecule has 0 aliphatic rings.